The summed E-state index contributed by atoms with van der Waals surface area (Å²) in [5, 5.41) is 6.27. The molecule has 0 unspecified atom stereocenters. The zero-order valence-corrected chi connectivity index (χ0v) is 30.3. The number of aromatic nitrogens is 3. The zero-order valence-electron chi connectivity index (χ0n) is 30.3. The fraction of sp³-hybridized carbons (Fsp3) is 0. The highest BCUT2D eigenvalue weighted by atomic mass is 16.3. The Morgan fingerprint density at radius 1 is 0.281 bits per heavy atom. The van der Waals surface area contributed by atoms with Crippen LogP contribution in [0.25, 0.3) is 122 Å². The maximum absolute atomic E-state index is 6.81. The predicted molar refractivity (Wildman–Crippen MR) is 229 cm³/mol. The van der Waals surface area contributed by atoms with Gasteiger partial charge in [-0.1, -0.05) is 133 Å². The molecule has 266 valence electrons. The van der Waals surface area contributed by atoms with Gasteiger partial charge in [0, 0.05) is 49.0 Å². The third-order valence-corrected chi connectivity index (χ3v) is 11.0. The fourth-order valence-electron chi connectivity index (χ4n) is 8.35. The van der Waals surface area contributed by atoms with Crippen molar-refractivity contribution in [2.75, 3.05) is 0 Å². The van der Waals surface area contributed by atoms with Gasteiger partial charge in [-0.15, -0.1) is 0 Å². The molecule has 4 aromatic heterocycles. The second-order valence-electron chi connectivity index (χ2n) is 14.3. The van der Waals surface area contributed by atoms with E-state index in [1.807, 2.05) is 109 Å². The third-order valence-electron chi connectivity index (χ3n) is 11.0. The average Bonchev–Trinajstić information content (AvgIpc) is 3.98. The highest BCUT2D eigenvalue weighted by Crippen LogP contribution is 2.46. The first-order valence-corrected chi connectivity index (χ1v) is 18.9. The molecule has 0 aliphatic heterocycles. The van der Waals surface area contributed by atoms with E-state index >= 15 is 0 Å². The molecule has 12 aromatic rings. The number of benzene rings is 8. The summed E-state index contributed by atoms with van der Waals surface area (Å²) in [7, 11) is 0. The van der Waals surface area contributed by atoms with Crippen molar-refractivity contribution in [3.8, 4) is 56.4 Å². The van der Waals surface area contributed by atoms with Crippen molar-refractivity contribution in [3.63, 3.8) is 0 Å². The van der Waals surface area contributed by atoms with E-state index in [4.69, 9.17) is 28.2 Å². The molecule has 0 amide bonds. The minimum Gasteiger partial charge on any atom is -0.456 e. The molecule has 0 N–H and O–H groups in total. The number of nitrogens with zero attached hydrogens (tertiary/aromatic N) is 3. The Balaban J connectivity index is 1.04. The van der Waals surface area contributed by atoms with E-state index in [-0.39, 0.29) is 0 Å². The number of hydrogen-bond acceptors (Lipinski definition) is 6. The Hall–Kier alpha value is -7.83. The van der Waals surface area contributed by atoms with Gasteiger partial charge >= 0.3 is 0 Å². The van der Waals surface area contributed by atoms with Crippen LogP contribution in [0.1, 0.15) is 0 Å². The van der Waals surface area contributed by atoms with Crippen molar-refractivity contribution in [2.45, 2.75) is 0 Å². The van der Waals surface area contributed by atoms with Gasteiger partial charge in [0.05, 0.1) is 5.56 Å². The molecule has 0 fully saturated rings. The summed E-state index contributed by atoms with van der Waals surface area (Å²) in [6.07, 6.45) is 0. The number of fused-ring (bicyclic) bond motifs is 9. The molecule has 0 radical (unpaired) electrons. The van der Waals surface area contributed by atoms with Gasteiger partial charge < -0.3 is 13.3 Å². The van der Waals surface area contributed by atoms with Crippen molar-refractivity contribution in [3.05, 3.63) is 176 Å². The average molecular weight is 732 g/mol. The molecule has 6 nitrogen and oxygen atoms in total. The number of rotatable bonds is 5. The molecule has 6 heteroatoms. The van der Waals surface area contributed by atoms with Crippen LogP contribution < -0.4 is 0 Å². The van der Waals surface area contributed by atoms with E-state index in [2.05, 4.69) is 66.7 Å². The number of furan rings is 3. The first-order valence-electron chi connectivity index (χ1n) is 18.9. The lowest BCUT2D eigenvalue weighted by atomic mass is 9.92. The van der Waals surface area contributed by atoms with Gasteiger partial charge in [-0.25, -0.2) is 15.0 Å². The van der Waals surface area contributed by atoms with Crippen LogP contribution in [0, 0.1) is 0 Å². The van der Waals surface area contributed by atoms with Crippen molar-refractivity contribution in [1.29, 1.82) is 0 Å². The molecular weight excluding hydrogens is 703 g/mol. The predicted octanol–water partition coefficient (Wildman–Crippen LogP) is 13.9. The van der Waals surface area contributed by atoms with Gasteiger partial charge in [-0.2, -0.15) is 0 Å². The molecule has 0 saturated heterocycles. The minimum absolute atomic E-state index is 0.551. The van der Waals surface area contributed by atoms with E-state index in [1.54, 1.807) is 0 Å². The normalized spacial score (nSPS) is 11.9. The summed E-state index contributed by atoms with van der Waals surface area (Å²) in [5.74, 6) is 1.76. The van der Waals surface area contributed by atoms with Crippen LogP contribution in [0.4, 0.5) is 0 Å². The van der Waals surface area contributed by atoms with Crippen LogP contribution in [0.15, 0.2) is 189 Å². The van der Waals surface area contributed by atoms with Gasteiger partial charge in [0.25, 0.3) is 0 Å². The Bertz CT molecular complexity index is 3470. The molecular formula is C51H29N3O3. The first kappa shape index (κ1) is 31.5. The van der Waals surface area contributed by atoms with Gasteiger partial charge in [0.1, 0.15) is 33.5 Å². The molecule has 0 atom stereocenters. The Kier molecular flexibility index (Phi) is 6.83. The van der Waals surface area contributed by atoms with Crippen LogP contribution in [0.5, 0.6) is 0 Å². The summed E-state index contributed by atoms with van der Waals surface area (Å²) in [5.41, 5.74) is 11.7. The molecule has 12 rings (SSSR count). The van der Waals surface area contributed by atoms with Crippen LogP contribution >= 0.6 is 0 Å². The van der Waals surface area contributed by atoms with Crippen LogP contribution in [0.2, 0.25) is 0 Å². The van der Waals surface area contributed by atoms with E-state index < -0.39 is 0 Å². The van der Waals surface area contributed by atoms with Gasteiger partial charge in [0.15, 0.2) is 17.5 Å². The maximum Gasteiger partial charge on any atom is 0.167 e. The van der Waals surface area contributed by atoms with Gasteiger partial charge in [-0.05, 0) is 59.2 Å². The molecule has 0 aliphatic carbocycles. The smallest absolute Gasteiger partial charge is 0.167 e. The lowest BCUT2D eigenvalue weighted by molar-refractivity contribution is 0.668. The van der Waals surface area contributed by atoms with E-state index in [9.17, 15) is 0 Å². The fourth-order valence-corrected chi connectivity index (χ4v) is 8.35. The standard InChI is InChI=1S/C51H29N3O3/c1-3-13-30(14-4-1)49-52-50(31-15-5-2-6-16-31)54-51(53-49)40-21-11-20-36-34-26-25-32(29-44(34)57-47(36)40)33-27-28-37(48-46(33)39-18-8-10-23-42(39)56-48)35-19-12-24-43-45(35)38-17-7-9-22-41(38)55-43/h1-29H. The first-order chi connectivity index (χ1) is 28.2. The van der Waals surface area contributed by atoms with Crippen LogP contribution in [0.3, 0.4) is 0 Å². The summed E-state index contributed by atoms with van der Waals surface area (Å²) in [6.45, 7) is 0. The molecule has 0 aliphatic rings. The summed E-state index contributed by atoms with van der Waals surface area (Å²) >= 11 is 0. The molecule has 0 bridgehead atoms. The van der Waals surface area contributed by atoms with E-state index in [1.165, 1.54) is 0 Å². The van der Waals surface area contributed by atoms with E-state index in [0.717, 1.165) is 105 Å². The maximum atomic E-state index is 6.81. The number of para-hydroxylation sites is 3. The number of hydrogen-bond donors (Lipinski definition) is 0. The second kappa shape index (κ2) is 12.3. The second-order valence-corrected chi connectivity index (χ2v) is 14.3. The largest absolute Gasteiger partial charge is 0.456 e. The lowest BCUT2D eigenvalue weighted by Gasteiger charge is -2.09. The molecule has 0 saturated carbocycles. The lowest BCUT2D eigenvalue weighted by Crippen LogP contribution is -2.00. The summed E-state index contributed by atoms with van der Waals surface area (Å²) in [6, 6.07) is 59.7. The van der Waals surface area contributed by atoms with Crippen molar-refractivity contribution < 1.29 is 13.3 Å². The zero-order chi connectivity index (χ0) is 37.5. The van der Waals surface area contributed by atoms with Crippen molar-refractivity contribution in [2.24, 2.45) is 0 Å². The molecule has 8 aromatic carbocycles. The monoisotopic (exact) mass is 731 g/mol. The topological polar surface area (TPSA) is 78.1 Å². The van der Waals surface area contributed by atoms with Crippen molar-refractivity contribution >= 4 is 65.8 Å². The molecule has 4 heterocycles. The Morgan fingerprint density at radius 3 is 1.60 bits per heavy atom. The highest BCUT2D eigenvalue weighted by Gasteiger charge is 2.22. The third kappa shape index (κ3) is 4.94. The quantitative estimate of drug-likeness (QED) is 0.175. The Labute approximate surface area is 325 Å². The van der Waals surface area contributed by atoms with Crippen LogP contribution in [-0.4, -0.2) is 15.0 Å². The van der Waals surface area contributed by atoms with Crippen molar-refractivity contribution in [1.82, 2.24) is 15.0 Å². The SMILES string of the molecule is c1ccc(-c2nc(-c3ccccc3)nc(-c3cccc4c3oc3cc(-c5ccc(-c6cccc7oc8ccccc8c67)c6oc7ccccc7c56)ccc34)n2)cc1. The van der Waals surface area contributed by atoms with E-state index in [0.29, 0.717) is 17.5 Å². The highest BCUT2D eigenvalue weighted by molar-refractivity contribution is 6.21. The van der Waals surface area contributed by atoms with Gasteiger partial charge in [-0.3, -0.25) is 0 Å². The van der Waals surface area contributed by atoms with Gasteiger partial charge in [0.2, 0.25) is 0 Å². The molecule has 57 heavy (non-hydrogen) atoms. The minimum atomic E-state index is 0.551. The Morgan fingerprint density at radius 2 is 0.842 bits per heavy atom. The van der Waals surface area contributed by atoms with Crippen LogP contribution in [-0.2, 0) is 0 Å². The summed E-state index contributed by atoms with van der Waals surface area (Å²) < 4.78 is 19.8. The molecule has 0 spiro atoms. The summed E-state index contributed by atoms with van der Waals surface area (Å²) in [4.78, 5) is 14.9.